The molecule has 17 heavy (non-hydrogen) atoms. The van der Waals surface area contributed by atoms with E-state index in [-0.39, 0.29) is 0 Å². The molecule has 0 aliphatic carbocycles. The van der Waals surface area contributed by atoms with Gasteiger partial charge in [0, 0.05) is 12.5 Å². The van der Waals surface area contributed by atoms with Crippen LogP contribution in [0.2, 0.25) is 0 Å². The second-order valence-corrected chi connectivity index (χ2v) is 4.22. The Morgan fingerprint density at radius 1 is 1.41 bits per heavy atom. The Hall–Kier alpha value is -1.71. The van der Waals surface area contributed by atoms with Crippen molar-refractivity contribution >= 4 is 5.96 Å². The molecule has 92 valence electrons. The van der Waals surface area contributed by atoms with Crippen LogP contribution in [0.15, 0.2) is 29.3 Å². The second-order valence-electron chi connectivity index (χ2n) is 4.22. The van der Waals surface area contributed by atoms with Gasteiger partial charge in [-0.3, -0.25) is 4.99 Å². The standard InChI is InChI=1S/C13H19N3O/c1-2-7-17-12-5-3-10(4-6-12)11-8-15-13(14)16-9-11/h3-6,11H,2,7-9H2,1H3,(H3,14,15,16). The van der Waals surface area contributed by atoms with Crippen LogP contribution in [0.1, 0.15) is 24.8 Å². The number of nitrogens with one attached hydrogen (secondary N) is 1. The molecule has 4 nitrogen and oxygen atoms in total. The third-order valence-electron chi connectivity index (χ3n) is 2.84. The van der Waals surface area contributed by atoms with Crippen LogP contribution in [0.4, 0.5) is 0 Å². The number of aliphatic imine (C=N–C) groups is 1. The normalized spacial score (nSPS) is 19.4. The molecular weight excluding hydrogens is 214 g/mol. The van der Waals surface area contributed by atoms with Crippen molar-refractivity contribution in [2.45, 2.75) is 19.3 Å². The lowest BCUT2D eigenvalue weighted by Crippen LogP contribution is -2.39. The average Bonchev–Trinajstić information content (AvgIpc) is 2.38. The lowest BCUT2D eigenvalue weighted by Gasteiger charge is -2.21. The second kappa shape index (κ2) is 5.57. The van der Waals surface area contributed by atoms with Crippen molar-refractivity contribution in [2.24, 2.45) is 10.7 Å². The van der Waals surface area contributed by atoms with E-state index in [9.17, 15) is 0 Å². The van der Waals surface area contributed by atoms with E-state index in [2.05, 4.69) is 29.4 Å². The molecule has 0 saturated carbocycles. The molecule has 0 spiro atoms. The molecule has 1 heterocycles. The van der Waals surface area contributed by atoms with E-state index in [1.165, 1.54) is 5.56 Å². The van der Waals surface area contributed by atoms with Crippen LogP contribution in [-0.2, 0) is 0 Å². The SMILES string of the molecule is CCCOc1ccc(C2CN=C(N)NC2)cc1. The molecule has 1 atom stereocenters. The number of guanidine groups is 1. The maximum absolute atomic E-state index is 5.57. The van der Waals surface area contributed by atoms with Gasteiger partial charge in [0.25, 0.3) is 0 Å². The molecule has 1 aromatic rings. The van der Waals surface area contributed by atoms with E-state index in [1.807, 2.05) is 12.1 Å². The van der Waals surface area contributed by atoms with Crippen molar-refractivity contribution in [3.05, 3.63) is 29.8 Å². The molecule has 0 bridgehead atoms. The Morgan fingerprint density at radius 3 is 2.76 bits per heavy atom. The summed E-state index contributed by atoms with van der Waals surface area (Å²) in [6.45, 7) is 4.48. The summed E-state index contributed by atoms with van der Waals surface area (Å²) in [5.74, 6) is 1.88. The van der Waals surface area contributed by atoms with E-state index >= 15 is 0 Å². The predicted molar refractivity (Wildman–Crippen MR) is 69.5 cm³/mol. The number of rotatable bonds is 4. The van der Waals surface area contributed by atoms with Crippen LogP contribution in [-0.4, -0.2) is 25.7 Å². The van der Waals surface area contributed by atoms with E-state index in [4.69, 9.17) is 10.5 Å². The summed E-state index contributed by atoms with van der Waals surface area (Å²) in [6, 6.07) is 8.25. The molecule has 0 saturated heterocycles. The van der Waals surface area contributed by atoms with Crippen molar-refractivity contribution in [3.8, 4) is 5.75 Å². The number of ether oxygens (including phenoxy) is 1. The first-order valence-electron chi connectivity index (χ1n) is 6.06. The molecule has 1 aromatic carbocycles. The van der Waals surface area contributed by atoms with Crippen LogP contribution in [0.5, 0.6) is 5.75 Å². The maximum atomic E-state index is 5.57. The summed E-state index contributed by atoms with van der Waals surface area (Å²) in [6.07, 6.45) is 1.03. The zero-order valence-electron chi connectivity index (χ0n) is 10.1. The van der Waals surface area contributed by atoms with Gasteiger partial charge in [-0.15, -0.1) is 0 Å². The minimum Gasteiger partial charge on any atom is -0.494 e. The van der Waals surface area contributed by atoms with Gasteiger partial charge in [-0.05, 0) is 24.1 Å². The molecule has 0 fully saturated rings. The van der Waals surface area contributed by atoms with Crippen molar-refractivity contribution in [1.82, 2.24) is 5.32 Å². The largest absolute Gasteiger partial charge is 0.494 e. The van der Waals surface area contributed by atoms with Gasteiger partial charge in [0.2, 0.25) is 0 Å². The Morgan fingerprint density at radius 2 is 2.18 bits per heavy atom. The maximum Gasteiger partial charge on any atom is 0.188 e. The Bertz CT molecular complexity index is 386. The fourth-order valence-corrected chi connectivity index (χ4v) is 1.84. The Balaban J connectivity index is 1.98. The van der Waals surface area contributed by atoms with Gasteiger partial charge in [-0.2, -0.15) is 0 Å². The first kappa shape index (κ1) is 11.8. The lowest BCUT2D eigenvalue weighted by molar-refractivity contribution is 0.317. The number of hydrogen-bond donors (Lipinski definition) is 2. The quantitative estimate of drug-likeness (QED) is 0.828. The molecule has 0 amide bonds. The van der Waals surface area contributed by atoms with E-state index in [1.54, 1.807) is 0 Å². The monoisotopic (exact) mass is 233 g/mol. The van der Waals surface area contributed by atoms with Crippen molar-refractivity contribution in [3.63, 3.8) is 0 Å². The fraction of sp³-hybridized carbons (Fsp3) is 0.462. The fourth-order valence-electron chi connectivity index (χ4n) is 1.84. The molecule has 4 heteroatoms. The highest BCUT2D eigenvalue weighted by Gasteiger charge is 2.15. The Kier molecular flexibility index (Phi) is 3.85. The first-order chi connectivity index (χ1) is 8.29. The topological polar surface area (TPSA) is 59.6 Å². The summed E-state index contributed by atoms with van der Waals surface area (Å²) in [7, 11) is 0. The summed E-state index contributed by atoms with van der Waals surface area (Å²) in [4.78, 5) is 4.21. The van der Waals surface area contributed by atoms with Crippen LogP contribution < -0.4 is 15.8 Å². The number of nitrogens with two attached hydrogens (primary N) is 1. The molecule has 0 aromatic heterocycles. The van der Waals surface area contributed by atoms with Gasteiger partial charge in [-0.1, -0.05) is 19.1 Å². The van der Waals surface area contributed by atoms with E-state index < -0.39 is 0 Å². The number of nitrogens with zero attached hydrogens (tertiary/aromatic N) is 1. The van der Waals surface area contributed by atoms with Crippen LogP contribution in [0.3, 0.4) is 0 Å². The first-order valence-corrected chi connectivity index (χ1v) is 6.06. The van der Waals surface area contributed by atoms with Crippen molar-refractivity contribution in [2.75, 3.05) is 19.7 Å². The summed E-state index contributed by atoms with van der Waals surface area (Å²) in [5, 5.41) is 3.08. The Labute approximate surface area is 102 Å². The zero-order valence-corrected chi connectivity index (χ0v) is 10.1. The molecule has 1 aliphatic heterocycles. The third kappa shape index (κ3) is 3.12. The molecule has 2 rings (SSSR count). The van der Waals surface area contributed by atoms with E-state index in [0.29, 0.717) is 11.9 Å². The molecule has 3 N–H and O–H groups in total. The van der Waals surface area contributed by atoms with Gasteiger partial charge in [0.15, 0.2) is 5.96 Å². The van der Waals surface area contributed by atoms with Crippen molar-refractivity contribution in [1.29, 1.82) is 0 Å². The van der Waals surface area contributed by atoms with Gasteiger partial charge in [0.1, 0.15) is 5.75 Å². The average molecular weight is 233 g/mol. The van der Waals surface area contributed by atoms with Crippen molar-refractivity contribution < 1.29 is 4.74 Å². The lowest BCUT2D eigenvalue weighted by atomic mass is 9.98. The smallest absolute Gasteiger partial charge is 0.188 e. The van der Waals surface area contributed by atoms with Gasteiger partial charge in [-0.25, -0.2) is 0 Å². The van der Waals surface area contributed by atoms with Crippen LogP contribution in [0, 0.1) is 0 Å². The minimum absolute atomic E-state index is 0.405. The summed E-state index contributed by atoms with van der Waals surface area (Å²) >= 11 is 0. The van der Waals surface area contributed by atoms with Gasteiger partial charge < -0.3 is 15.8 Å². The highest BCUT2D eigenvalue weighted by atomic mass is 16.5. The number of hydrogen-bond acceptors (Lipinski definition) is 4. The molecular formula is C13H19N3O. The zero-order chi connectivity index (χ0) is 12.1. The summed E-state index contributed by atoms with van der Waals surface area (Å²) in [5.41, 5.74) is 6.85. The number of benzene rings is 1. The molecule has 1 aliphatic rings. The highest BCUT2D eigenvalue weighted by molar-refractivity contribution is 5.78. The van der Waals surface area contributed by atoms with Gasteiger partial charge in [0.05, 0.1) is 13.2 Å². The van der Waals surface area contributed by atoms with E-state index in [0.717, 1.165) is 31.9 Å². The van der Waals surface area contributed by atoms with Crippen LogP contribution in [0.25, 0.3) is 0 Å². The predicted octanol–water partition coefficient (Wildman–Crippen LogP) is 1.48. The van der Waals surface area contributed by atoms with Crippen LogP contribution >= 0.6 is 0 Å². The third-order valence-corrected chi connectivity index (χ3v) is 2.84. The van der Waals surface area contributed by atoms with Gasteiger partial charge >= 0.3 is 0 Å². The molecule has 0 radical (unpaired) electrons. The highest BCUT2D eigenvalue weighted by Crippen LogP contribution is 2.20. The molecule has 1 unspecified atom stereocenters. The minimum atomic E-state index is 0.405. The summed E-state index contributed by atoms with van der Waals surface area (Å²) < 4.78 is 5.55.